The lowest BCUT2D eigenvalue weighted by Crippen LogP contribution is -2.43. The zero-order valence-electron chi connectivity index (χ0n) is 19.2. The largest absolute Gasteiger partial charge is 0.544 e. The number of carbonyl (C=O) groups excluding carboxylic acids is 1. The molecule has 1 aromatic heterocycles. The van der Waals surface area contributed by atoms with Crippen molar-refractivity contribution in [1.29, 1.82) is 0 Å². The average Bonchev–Trinajstić information content (AvgIpc) is 2.70. The van der Waals surface area contributed by atoms with Crippen molar-refractivity contribution in [3.05, 3.63) is 72.1 Å². The predicted octanol–water partition coefficient (Wildman–Crippen LogP) is 6.02. The van der Waals surface area contributed by atoms with E-state index in [1.165, 1.54) is 5.56 Å². The first-order valence-electron chi connectivity index (χ1n) is 10.5. The third-order valence-corrected chi connectivity index (χ3v) is 10.1. The summed E-state index contributed by atoms with van der Waals surface area (Å²) in [5, 5.41) is 2.95. The molecule has 5 nitrogen and oxygen atoms in total. The maximum Gasteiger partial charge on any atom is 0.250 e. The Labute approximate surface area is 186 Å². The van der Waals surface area contributed by atoms with Crippen molar-refractivity contribution >= 4 is 20.0 Å². The van der Waals surface area contributed by atoms with Crippen LogP contribution in [0.2, 0.25) is 18.1 Å². The number of hydrogen-bond acceptors (Lipinski definition) is 4. The van der Waals surface area contributed by atoms with Gasteiger partial charge >= 0.3 is 0 Å². The van der Waals surface area contributed by atoms with Crippen LogP contribution in [0.15, 0.2) is 60.9 Å². The summed E-state index contributed by atoms with van der Waals surface area (Å²) < 4.78 is 6.30. The smallest absolute Gasteiger partial charge is 0.250 e. The van der Waals surface area contributed by atoms with E-state index in [9.17, 15) is 4.79 Å². The van der Waals surface area contributed by atoms with E-state index in [0.717, 1.165) is 22.6 Å². The molecule has 0 saturated carbocycles. The second-order valence-corrected chi connectivity index (χ2v) is 14.1. The molecule has 0 aliphatic carbocycles. The minimum absolute atomic E-state index is 0.129. The molecule has 0 aliphatic rings. The third kappa shape index (κ3) is 6.01. The van der Waals surface area contributed by atoms with Crippen molar-refractivity contribution in [3.63, 3.8) is 0 Å². The SMILES string of the molecule is Cc1ccc(-c2cnc(NC(=O)Cc3ccc(O[Si](C)(C)C(C)(C)C)cc3)cn2)cc1. The van der Waals surface area contributed by atoms with Crippen LogP contribution in [0.5, 0.6) is 5.75 Å². The Morgan fingerprint density at radius 1 is 0.968 bits per heavy atom. The molecule has 3 rings (SSSR count). The van der Waals surface area contributed by atoms with Crippen LogP contribution in [0.4, 0.5) is 5.82 Å². The van der Waals surface area contributed by atoms with Gasteiger partial charge in [0.05, 0.1) is 24.5 Å². The van der Waals surface area contributed by atoms with E-state index >= 15 is 0 Å². The van der Waals surface area contributed by atoms with E-state index < -0.39 is 8.32 Å². The number of nitrogens with zero attached hydrogens (tertiary/aromatic N) is 2. The summed E-state index contributed by atoms with van der Waals surface area (Å²) in [6, 6.07) is 15.9. The number of nitrogens with one attached hydrogen (secondary N) is 1. The lowest BCUT2D eigenvalue weighted by molar-refractivity contribution is -0.115. The Morgan fingerprint density at radius 3 is 2.16 bits per heavy atom. The minimum Gasteiger partial charge on any atom is -0.544 e. The maximum atomic E-state index is 12.4. The topological polar surface area (TPSA) is 64.1 Å². The molecule has 0 spiro atoms. The van der Waals surface area contributed by atoms with Gasteiger partial charge in [-0.05, 0) is 42.8 Å². The number of amides is 1. The molecule has 0 bridgehead atoms. The van der Waals surface area contributed by atoms with Gasteiger partial charge in [0.15, 0.2) is 5.82 Å². The highest BCUT2D eigenvalue weighted by Gasteiger charge is 2.38. The Hall–Kier alpha value is -2.99. The van der Waals surface area contributed by atoms with E-state index in [1.54, 1.807) is 12.4 Å². The summed E-state index contributed by atoms with van der Waals surface area (Å²) in [4.78, 5) is 21.2. The fraction of sp³-hybridized carbons (Fsp3) is 0.320. The summed E-state index contributed by atoms with van der Waals surface area (Å²) >= 11 is 0. The van der Waals surface area contributed by atoms with Crippen LogP contribution in [0.25, 0.3) is 11.3 Å². The Kier molecular flexibility index (Phi) is 6.60. The Bertz CT molecular complexity index is 1020. The summed E-state index contributed by atoms with van der Waals surface area (Å²) in [5.41, 5.74) is 3.88. The van der Waals surface area contributed by atoms with Gasteiger partial charge in [-0.15, -0.1) is 0 Å². The number of carbonyl (C=O) groups is 1. The van der Waals surface area contributed by atoms with Crippen LogP contribution in [0.3, 0.4) is 0 Å². The van der Waals surface area contributed by atoms with Gasteiger partial charge < -0.3 is 9.74 Å². The summed E-state index contributed by atoms with van der Waals surface area (Å²) in [7, 11) is -1.87. The van der Waals surface area contributed by atoms with Crippen LogP contribution in [-0.2, 0) is 11.2 Å². The maximum absolute atomic E-state index is 12.4. The molecule has 2 aromatic carbocycles. The van der Waals surface area contributed by atoms with Gasteiger partial charge in [-0.1, -0.05) is 62.7 Å². The molecule has 31 heavy (non-hydrogen) atoms. The van der Waals surface area contributed by atoms with E-state index in [4.69, 9.17) is 4.43 Å². The zero-order chi connectivity index (χ0) is 22.6. The second kappa shape index (κ2) is 9.02. The molecular formula is C25H31N3O2Si. The van der Waals surface area contributed by atoms with Gasteiger partial charge in [-0.3, -0.25) is 9.78 Å². The summed E-state index contributed by atoms with van der Waals surface area (Å²) in [6.07, 6.45) is 3.53. The summed E-state index contributed by atoms with van der Waals surface area (Å²) in [6.45, 7) is 13.1. The van der Waals surface area contributed by atoms with E-state index in [1.807, 2.05) is 55.5 Å². The highest BCUT2D eigenvalue weighted by atomic mass is 28.4. The molecule has 1 N–H and O–H groups in total. The lowest BCUT2D eigenvalue weighted by Gasteiger charge is -2.36. The molecular weight excluding hydrogens is 402 g/mol. The minimum atomic E-state index is -1.87. The number of benzene rings is 2. The van der Waals surface area contributed by atoms with Gasteiger partial charge in [0, 0.05) is 5.56 Å². The van der Waals surface area contributed by atoms with E-state index in [-0.39, 0.29) is 17.4 Å². The van der Waals surface area contributed by atoms with Gasteiger partial charge in [-0.25, -0.2) is 4.98 Å². The Balaban J connectivity index is 1.57. The number of aryl methyl sites for hydroxylation is 1. The number of anilines is 1. The van der Waals surface area contributed by atoms with Gasteiger partial charge in [-0.2, -0.15) is 0 Å². The first-order chi connectivity index (χ1) is 14.5. The zero-order valence-corrected chi connectivity index (χ0v) is 20.2. The van der Waals surface area contributed by atoms with Crippen molar-refractivity contribution in [2.24, 2.45) is 0 Å². The van der Waals surface area contributed by atoms with Crippen LogP contribution in [0.1, 0.15) is 31.9 Å². The first kappa shape index (κ1) is 22.7. The van der Waals surface area contributed by atoms with Gasteiger partial charge in [0.2, 0.25) is 14.2 Å². The fourth-order valence-corrected chi connectivity index (χ4v) is 3.79. The Morgan fingerprint density at radius 2 is 1.61 bits per heavy atom. The van der Waals surface area contributed by atoms with Crippen LogP contribution < -0.4 is 9.74 Å². The van der Waals surface area contributed by atoms with Crippen molar-refractivity contribution < 1.29 is 9.22 Å². The van der Waals surface area contributed by atoms with E-state index in [0.29, 0.717) is 5.82 Å². The van der Waals surface area contributed by atoms with E-state index in [2.05, 4.69) is 49.1 Å². The monoisotopic (exact) mass is 433 g/mol. The molecule has 1 heterocycles. The number of hydrogen-bond donors (Lipinski definition) is 1. The first-order valence-corrected chi connectivity index (χ1v) is 13.4. The lowest BCUT2D eigenvalue weighted by atomic mass is 10.1. The van der Waals surface area contributed by atoms with Crippen LogP contribution in [0, 0.1) is 6.92 Å². The molecule has 0 unspecified atom stereocenters. The average molecular weight is 434 g/mol. The molecule has 3 aromatic rings. The molecule has 0 saturated heterocycles. The number of aromatic nitrogens is 2. The molecule has 0 fully saturated rings. The molecule has 0 atom stereocenters. The van der Waals surface area contributed by atoms with Crippen molar-refractivity contribution in [1.82, 2.24) is 9.97 Å². The molecule has 0 radical (unpaired) electrons. The second-order valence-electron chi connectivity index (χ2n) is 9.38. The molecule has 1 amide bonds. The normalized spacial score (nSPS) is 11.8. The van der Waals surface area contributed by atoms with Crippen LogP contribution in [-0.4, -0.2) is 24.2 Å². The van der Waals surface area contributed by atoms with Crippen LogP contribution >= 0.6 is 0 Å². The standard InChI is InChI=1S/C25H31N3O2Si/c1-18-7-11-20(12-8-18)22-16-27-23(17-26-22)28-24(29)15-19-9-13-21(14-10-19)30-31(5,6)25(2,3)4/h7-14,16-17H,15H2,1-6H3,(H,27,28,29). The van der Waals surface area contributed by atoms with Crippen molar-refractivity contribution in [2.45, 2.75) is 52.2 Å². The molecule has 0 aliphatic heterocycles. The predicted molar refractivity (Wildman–Crippen MR) is 129 cm³/mol. The van der Waals surface area contributed by atoms with Crippen molar-refractivity contribution in [3.8, 4) is 17.0 Å². The fourth-order valence-electron chi connectivity index (χ4n) is 2.76. The molecule has 6 heteroatoms. The number of rotatable bonds is 6. The van der Waals surface area contributed by atoms with Gasteiger partial charge in [0.25, 0.3) is 0 Å². The summed E-state index contributed by atoms with van der Waals surface area (Å²) in [5.74, 6) is 1.17. The molecule has 162 valence electrons. The van der Waals surface area contributed by atoms with Gasteiger partial charge in [0.1, 0.15) is 5.75 Å². The quantitative estimate of drug-likeness (QED) is 0.483. The highest BCUT2D eigenvalue weighted by Crippen LogP contribution is 2.37. The highest BCUT2D eigenvalue weighted by molar-refractivity contribution is 6.74. The van der Waals surface area contributed by atoms with Crippen molar-refractivity contribution in [2.75, 3.05) is 5.32 Å². The third-order valence-electron chi connectivity index (χ3n) is 5.73.